The number of carbonyl (C=O) groups is 2. The Morgan fingerprint density at radius 2 is 1.97 bits per heavy atom. The summed E-state index contributed by atoms with van der Waals surface area (Å²) in [5.74, 6) is -1.24. The van der Waals surface area contributed by atoms with Crippen molar-refractivity contribution in [2.45, 2.75) is 51.2 Å². The van der Waals surface area contributed by atoms with Gasteiger partial charge in [0.25, 0.3) is 6.23 Å². The Hall–Kier alpha value is -1.72. The number of aliphatic hydroxyl groups excluding tert-OH is 2. The first-order valence-corrected chi connectivity index (χ1v) is 10.5. The number of hydrogen-bond acceptors (Lipinski definition) is 8. The molecule has 1 saturated heterocycles. The Bertz CT molecular complexity index is 779. The van der Waals surface area contributed by atoms with Crippen molar-refractivity contribution in [3.05, 3.63) is 30.1 Å². The van der Waals surface area contributed by atoms with Gasteiger partial charge in [-0.1, -0.05) is 13.8 Å². The predicted octanol–water partition coefficient (Wildman–Crippen LogP) is -0.178. The van der Waals surface area contributed by atoms with Crippen LogP contribution in [0.25, 0.3) is 0 Å². The lowest BCUT2D eigenvalue weighted by Crippen LogP contribution is -2.46. The molecule has 1 aliphatic rings. The average Bonchev–Trinajstić information content (AvgIpc) is 2.92. The van der Waals surface area contributed by atoms with Crippen LogP contribution in [-0.2, 0) is 23.4 Å². The van der Waals surface area contributed by atoms with Gasteiger partial charge >= 0.3 is 19.8 Å². The molecule has 162 valence electrons. The van der Waals surface area contributed by atoms with E-state index < -0.39 is 50.9 Å². The van der Waals surface area contributed by atoms with Crippen molar-refractivity contribution >= 4 is 19.8 Å². The van der Waals surface area contributed by atoms with E-state index in [1.807, 2.05) is 13.8 Å². The summed E-state index contributed by atoms with van der Waals surface area (Å²) >= 11 is 0. The van der Waals surface area contributed by atoms with Gasteiger partial charge < -0.3 is 29.5 Å². The SMILES string of the molecule is CC(C)CCC(=O)OC(=O)c1ccc[n+]([C@@H]2O[C@H](COP(=O)(O)O)[C@@H](O)[C@H]2O)c1. The van der Waals surface area contributed by atoms with E-state index in [2.05, 4.69) is 4.52 Å². The molecular formula is C17H25NO10P+. The second kappa shape index (κ2) is 9.86. The highest BCUT2D eigenvalue weighted by atomic mass is 31.2. The van der Waals surface area contributed by atoms with Crippen LogP contribution in [0.1, 0.15) is 43.3 Å². The van der Waals surface area contributed by atoms with Crippen molar-refractivity contribution in [3.63, 3.8) is 0 Å². The molecule has 0 bridgehead atoms. The van der Waals surface area contributed by atoms with Crippen LogP contribution in [0.4, 0.5) is 0 Å². The molecule has 2 rings (SSSR count). The number of hydrogen-bond donors (Lipinski definition) is 4. The molecule has 0 spiro atoms. The molecule has 0 radical (unpaired) electrons. The zero-order valence-electron chi connectivity index (χ0n) is 16.0. The highest BCUT2D eigenvalue weighted by Gasteiger charge is 2.49. The van der Waals surface area contributed by atoms with E-state index in [1.54, 1.807) is 0 Å². The topological polar surface area (TPSA) is 164 Å². The van der Waals surface area contributed by atoms with Crippen LogP contribution in [-0.4, -0.2) is 56.9 Å². The van der Waals surface area contributed by atoms with E-state index in [0.29, 0.717) is 6.42 Å². The Balaban J connectivity index is 2.05. The fourth-order valence-electron chi connectivity index (χ4n) is 2.68. The van der Waals surface area contributed by atoms with Crippen LogP contribution in [0.5, 0.6) is 0 Å². The molecule has 2 heterocycles. The van der Waals surface area contributed by atoms with Crippen LogP contribution in [0, 0.1) is 5.92 Å². The van der Waals surface area contributed by atoms with Gasteiger partial charge in [-0.15, -0.1) is 0 Å². The minimum atomic E-state index is -4.78. The lowest BCUT2D eigenvalue weighted by atomic mass is 10.1. The number of aromatic nitrogens is 1. The predicted molar refractivity (Wildman–Crippen MR) is 95.1 cm³/mol. The summed E-state index contributed by atoms with van der Waals surface area (Å²) in [6, 6.07) is 2.86. The van der Waals surface area contributed by atoms with Crippen LogP contribution < -0.4 is 4.57 Å². The zero-order valence-corrected chi connectivity index (χ0v) is 16.8. The van der Waals surface area contributed by atoms with Gasteiger partial charge in [-0.05, 0) is 18.4 Å². The lowest BCUT2D eigenvalue weighted by molar-refractivity contribution is -0.765. The minimum absolute atomic E-state index is 0.0191. The van der Waals surface area contributed by atoms with E-state index in [0.717, 1.165) is 0 Å². The Labute approximate surface area is 167 Å². The number of nitrogens with zero attached hydrogens (tertiary/aromatic N) is 1. The molecule has 4 N–H and O–H groups in total. The van der Waals surface area contributed by atoms with Crippen molar-refractivity contribution in [3.8, 4) is 0 Å². The third kappa shape index (κ3) is 6.93. The standard InChI is InChI=1S/C17H24NO10P/c1-10(2)5-6-13(19)28-17(22)11-4-3-7-18(8-11)16-15(21)14(20)12(27-16)9-26-29(23,24)25/h3-4,7-8,10,12,14-16,20-21H,5-6,9H2,1-2H3,(H-,23,24,25)/p+1/t12-,14-,15-,16-/m1/s1. The number of phosphoric acid groups is 1. The van der Waals surface area contributed by atoms with E-state index in [-0.39, 0.29) is 17.9 Å². The first-order valence-electron chi connectivity index (χ1n) is 8.95. The molecule has 1 aromatic heterocycles. The zero-order chi connectivity index (χ0) is 21.8. The van der Waals surface area contributed by atoms with Crippen molar-refractivity contribution in [1.29, 1.82) is 0 Å². The van der Waals surface area contributed by atoms with Crippen molar-refractivity contribution in [1.82, 2.24) is 0 Å². The largest absolute Gasteiger partial charge is 0.469 e. The van der Waals surface area contributed by atoms with Crippen LogP contribution in [0.15, 0.2) is 24.5 Å². The monoisotopic (exact) mass is 434 g/mol. The molecule has 0 saturated carbocycles. The third-order valence-electron chi connectivity index (χ3n) is 4.23. The summed E-state index contributed by atoms with van der Waals surface area (Å²) in [4.78, 5) is 41.4. The summed E-state index contributed by atoms with van der Waals surface area (Å²) in [6.45, 7) is 3.23. The molecule has 1 aliphatic heterocycles. The third-order valence-corrected chi connectivity index (χ3v) is 4.71. The average molecular weight is 434 g/mol. The number of pyridine rings is 1. The number of ether oxygens (including phenoxy) is 2. The number of phosphoric ester groups is 1. The van der Waals surface area contributed by atoms with E-state index in [9.17, 15) is 24.4 Å². The molecule has 0 amide bonds. The minimum Gasteiger partial charge on any atom is -0.389 e. The normalized spacial score (nSPS) is 24.7. The Morgan fingerprint density at radius 1 is 1.28 bits per heavy atom. The quantitative estimate of drug-likeness (QED) is 0.187. The van der Waals surface area contributed by atoms with Crippen molar-refractivity contribution < 1.29 is 52.7 Å². The Kier molecular flexibility index (Phi) is 8.01. The maximum atomic E-state index is 12.2. The molecule has 29 heavy (non-hydrogen) atoms. The summed E-state index contributed by atoms with van der Waals surface area (Å²) < 4.78 is 26.6. The number of rotatable bonds is 8. The van der Waals surface area contributed by atoms with Gasteiger partial charge in [0, 0.05) is 12.5 Å². The molecule has 4 atom stereocenters. The van der Waals surface area contributed by atoms with Gasteiger partial charge in [-0.2, -0.15) is 4.57 Å². The van der Waals surface area contributed by atoms with E-state index in [1.165, 1.54) is 29.1 Å². The van der Waals surface area contributed by atoms with Gasteiger partial charge in [-0.25, -0.2) is 9.36 Å². The van der Waals surface area contributed by atoms with Crippen molar-refractivity contribution in [2.75, 3.05) is 6.61 Å². The molecule has 1 aromatic rings. The molecule has 11 nitrogen and oxygen atoms in total. The second-order valence-corrected chi connectivity index (χ2v) is 8.31. The fourth-order valence-corrected chi connectivity index (χ4v) is 3.02. The molecular weight excluding hydrogens is 409 g/mol. The van der Waals surface area contributed by atoms with Gasteiger partial charge in [0.05, 0.1) is 6.61 Å². The van der Waals surface area contributed by atoms with Crippen molar-refractivity contribution in [2.24, 2.45) is 5.92 Å². The summed E-state index contributed by atoms with van der Waals surface area (Å²) in [5.41, 5.74) is 0.0191. The lowest BCUT2D eigenvalue weighted by Gasteiger charge is -2.13. The maximum absolute atomic E-state index is 12.2. The first kappa shape index (κ1) is 23.6. The summed E-state index contributed by atoms with van der Waals surface area (Å²) in [5, 5.41) is 20.2. The Morgan fingerprint density at radius 3 is 2.59 bits per heavy atom. The van der Waals surface area contributed by atoms with Gasteiger partial charge in [0.1, 0.15) is 17.8 Å². The fraction of sp³-hybridized carbons (Fsp3) is 0.588. The van der Waals surface area contributed by atoms with Gasteiger partial charge in [0.2, 0.25) is 0 Å². The molecule has 0 aromatic carbocycles. The molecule has 1 fully saturated rings. The smallest absolute Gasteiger partial charge is 0.389 e. The summed E-state index contributed by atoms with van der Waals surface area (Å²) in [7, 11) is -4.78. The van der Waals surface area contributed by atoms with Crippen LogP contribution >= 0.6 is 7.82 Å². The van der Waals surface area contributed by atoms with Crippen LogP contribution in [0.3, 0.4) is 0 Å². The maximum Gasteiger partial charge on any atom is 0.469 e. The molecule has 12 heteroatoms. The van der Waals surface area contributed by atoms with Gasteiger partial charge in [0.15, 0.2) is 18.5 Å². The second-order valence-electron chi connectivity index (χ2n) is 7.07. The van der Waals surface area contributed by atoms with E-state index in [4.69, 9.17) is 19.3 Å². The van der Waals surface area contributed by atoms with E-state index >= 15 is 0 Å². The van der Waals surface area contributed by atoms with Gasteiger partial charge in [-0.3, -0.25) is 9.32 Å². The number of esters is 2. The number of aliphatic hydroxyl groups is 2. The highest BCUT2D eigenvalue weighted by molar-refractivity contribution is 7.46. The first-order chi connectivity index (χ1) is 13.5. The molecule has 0 unspecified atom stereocenters. The number of carbonyl (C=O) groups excluding carboxylic acids is 2. The van der Waals surface area contributed by atoms with Crippen LogP contribution in [0.2, 0.25) is 0 Å². The highest BCUT2D eigenvalue weighted by Crippen LogP contribution is 2.37. The summed E-state index contributed by atoms with van der Waals surface area (Å²) in [6.07, 6.45) is -1.89. The molecule has 0 aliphatic carbocycles.